The van der Waals surface area contributed by atoms with Gasteiger partial charge in [-0.1, -0.05) is 11.6 Å². The van der Waals surface area contributed by atoms with Crippen LogP contribution in [0.15, 0.2) is 35.3 Å². The molecule has 0 radical (unpaired) electrons. The van der Waals surface area contributed by atoms with Crippen molar-refractivity contribution in [1.82, 2.24) is 14.4 Å². The van der Waals surface area contributed by atoms with Crippen LogP contribution in [0.3, 0.4) is 0 Å². The molecule has 10 heteroatoms. The Kier molecular flexibility index (Phi) is 5.92. The topological polar surface area (TPSA) is 45.6 Å². The van der Waals surface area contributed by atoms with Crippen molar-refractivity contribution in [3.63, 3.8) is 0 Å². The molecule has 27 heavy (non-hydrogen) atoms. The molecule has 0 unspecified atom stereocenters. The summed E-state index contributed by atoms with van der Waals surface area (Å²) in [6.07, 6.45) is -3.87. The third kappa shape index (κ3) is 5.12. The Balaban J connectivity index is 1.57. The predicted octanol–water partition coefficient (Wildman–Crippen LogP) is 2.93. The van der Waals surface area contributed by atoms with Gasteiger partial charge in [0.1, 0.15) is 6.54 Å². The van der Waals surface area contributed by atoms with Crippen molar-refractivity contribution in [2.45, 2.75) is 19.3 Å². The number of halogens is 4. The van der Waals surface area contributed by atoms with E-state index in [0.717, 1.165) is 32.5 Å². The molecule has 2 aromatic heterocycles. The lowest BCUT2D eigenvalue weighted by atomic mass is 10.2. The molecule has 1 amide bonds. The molecule has 0 saturated carbocycles. The van der Waals surface area contributed by atoms with Crippen molar-refractivity contribution >= 4 is 28.8 Å². The van der Waals surface area contributed by atoms with Crippen molar-refractivity contribution in [2.24, 2.45) is 0 Å². The molecule has 3 rings (SSSR count). The molecule has 1 saturated heterocycles. The molecule has 0 N–H and O–H groups in total. The number of carbonyl (C=O) groups excluding carboxylic acids is 1. The van der Waals surface area contributed by atoms with Gasteiger partial charge in [-0.2, -0.15) is 13.2 Å². The second-order valence-corrected chi connectivity index (χ2v) is 8.04. The van der Waals surface area contributed by atoms with Gasteiger partial charge in [0.15, 0.2) is 0 Å². The van der Waals surface area contributed by atoms with Gasteiger partial charge in [-0.05, 0) is 18.2 Å². The summed E-state index contributed by atoms with van der Waals surface area (Å²) >= 11 is 7.43. The van der Waals surface area contributed by atoms with Crippen molar-refractivity contribution < 1.29 is 18.0 Å². The largest absolute Gasteiger partial charge is 0.417 e. The van der Waals surface area contributed by atoms with E-state index in [1.54, 1.807) is 4.90 Å². The van der Waals surface area contributed by atoms with E-state index in [-0.39, 0.29) is 5.91 Å². The monoisotopic (exact) mass is 419 g/mol. The summed E-state index contributed by atoms with van der Waals surface area (Å²) in [7, 11) is 0. The second-order valence-electron chi connectivity index (χ2n) is 6.24. The Morgan fingerprint density at radius 1 is 1.11 bits per heavy atom. The number of amides is 1. The van der Waals surface area contributed by atoms with Crippen LogP contribution in [0, 0.1) is 0 Å². The first kappa shape index (κ1) is 19.9. The molecule has 0 aliphatic carbocycles. The average Bonchev–Trinajstić information content (AvgIpc) is 3.01. The maximum absolute atomic E-state index is 12.8. The van der Waals surface area contributed by atoms with Gasteiger partial charge in [-0.3, -0.25) is 14.5 Å². The van der Waals surface area contributed by atoms with E-state index in [1.165, 1.54) is 11.3 Å². The number of pyridine rings is 1. The van der Waals surface area contributed by atoms with E-state index in [2.05, 4.69) is 4.90 Å². The van der Waals surface area contributed by atoms with Gasteiger partial charge in [0, 0.05) is 49.9 Å². The second kappa shape index (κ2) is 8.04. The molecule has 1 fully saturated rings. The molecule has 1 aliphatic rings. The lowest BCUT2D eigenvalue weighted by molar-refractivity contribution is -0.139. The number of piperazine rings is 1. The number of alkyl halides is 3. The Bertz CT molecular complexity index is 873. The van der Waals surface area contributed by atoms with Gasteiger partial charge >= 0.3 is 6.18 Å². The molecule has 146 valence electrons. The number of carbonyl (C=O) groups is 1. The van der Waals surface area contributed by atoms with Crippen LogP contribution in [-0.2, 0) is 24.1 Å². The summed E-state index contributed by atoms with van der Waals surface area (Å²) in [6.45, 7) is 2.57. The van der Waals surface area contributed by atoms with Crippen LogP contribution in [0.2, 0.25) is 4.34 Å². The zero-order valence-electron chi connectivity index (χ0n) is 14.2. The van der Waals surface area contributed by atoms with E-state index < -0.39 is 23.8 Å². The molecule has 1 aliphatic heterocycles. The van der Waals surface area contributed by atoms with E-state index in [1.807, 2.05) is 12.1 Å². The van der Waals surface area contributed by atoms with Crippen LogP contribution in [0.25, 0.3) is 0 Å². The Morgan fingerprint density at radius 3 is 2.41 bits per heavy atom. The summed E-state index contributed by atoms with van der Waals surface area (Å²) in [5.41, 5.74) is -1.58. The average molecular weight is 420 g/mol. The van der Waals surface area contributed by atoms with Crippen LogP contribution >= 0.6 is 22.9 Å². The van der Waals surface area contributed by atoms with Crippen LogP contribution in [0.1, 0.15) is 10.4 Å². The van der Waals surface area contributed by atoms with Crippen LogP contribution in [-0.4, -0.2) is 46.5 Å². The summed E-state index contributed by atoms with van der Waals surface area (Å²) in [5.74, 6) is -0.366. The van der Waals surface area contributed by atoms with Crippen molar-refractivity contribution in [3.8, 4) is 0 Å². The van der Waals surface area contributed by atoms with Crippen LogP contribution < -0.4 is 5.56 Å². The predicted molar refractivity (Wildman–Crippen MR) is 96.9 cm³/mol. The van der Waals surface area contributed by atoms with Crippen molar-refractivity contribution in [1.29, 1.82) is 0 Å². The number of nitrogens with zero attached hydrogens (tertiary/aromatic N) is 3. The summed E-state index contributed by atoms with van der Waals surface area (Å²) in [4.78, 5) is 29.1. The van der Waals surface area contributed by atoms with Crippen LogP contribution in [0.4, 0.5) is 13.2 Å². The smallest absolute Gasteiger partial charge is 0.339 e. The first-order valence-corrected chi connectivity index (χ1v) is 9.44. The zero-order chi connectivity index (χ0) is 19.6. The van der Waals surface area contributed by atoms with Crippen molar-refractivity contribution in [3.05, 3.63) is 55.6 Å². The number of hydrogen-bond acceptors (Lipinski definition) is 4. The molecule has 5 nitrogen and oxygen atoms in total. The van der Waals surface area contributed by atoms with E-state index in [9.17, 15) is 22.8 Å². The highest BCUT2D eigenvalue weighted by molar-refractivity contribution is 7.16. The van der Waals surface area contributed by atoms with Gasteiger partial charge < -0.3 is 9.47 Å². The number of hydrogen-bond donors (Lipinski definition) is 0. The minimum Gasteiger partial charge on any atom is -0.339 e. The highest BCUT2D eigenvalue weighted by Crippen LogP contribution is 2.28. The van der Waals surface area contributed by atoms with E-state index >= 15 is 0 Å². The Labute approximate surface area is 162 Å². The number of thiophene rings is 1. The normalized spacial score (nSPS) is 15.9. The van der Waals surface area contributed by atoms with E-state index in [4.69, 9.17) is 11.6 Å². The lowest BCUT2D eigenvalue weighted by Gasteiger charge is -2.34. The van der Waals surface area contributed by atoms with Gasteiger partial charge in [-0.25, -0.2) is 0 Å². The fourth-order valence-electron chi connectivity index (χ4n) is 2.88. The molecule has 0 aromatic carbocycles. The highest BCUT2D eigenvalue weighted by atomic mass is 35.5. The van der Waals surface area contributed by atoms with Crippen LogP contribution in [0.5, 0.6) is 0 Å². The van der Waals surface area contributed by atoms with Crippen molar-refractivity contribution in [2.75, 3.05) is 26.2 Å². The van der Waals surface area contributed by atoms with Gasteiger partial charge in [0.25, 0.3) is 5.56 Å². The SMILES string of the molecule is O=C(Cn1cc(C(F)(F)F)ccc1=O)N1CCN(Cc2ccc(Cl)s2)CC1. The highest BCUT2D eigenvalue weighted by Gasteiger charge is 2.31. The van der Waals surface area contributed by atoms with Gasteiger partial charge in [0.2, 0.25) is 5.91 Å². The minimum atomic E-state index is -4.56. The summed E-state index contributed by atoms with van der Waals surface area (Å²) in [5, 5.41) is 0. The number of aromatic nitrogens is 1. The summed E-state index contributed by atoms with van der Waals surface area (Å²) in [6, 6.07) is 5.36. The summed E-state index contributed by atoms with van der Waals surface area (Å²) < 4.78 is 39.9. The maximum atomic E-state index is 12.8. The molecular weight excluding hydrogens is 403 g/mol. The van der Waals surface area contributed by atoms with Gasteiger partial charge in [-0.15, -0.1) is 11.3 Å². The first-order chi connectivity index (χ1) is 12.7. The molecule has 0 atom stereocenters. The fraction of sp³-hybridized carbons (Fsp3) is 0.412. The third-order valence-corrected chi connectivity index (χ3v) is 5.57. The van der Waals surface area contributed by atoms with Gasteiger partial charge in [0.05, 0.1) is 9.90 Å². The molecule has 2 aromatic rings. The standard InChI is InChI=1S/C17H17ClF3N3O2S/c18-14-3-2-13(27-14)10-22-5-7-23(8-6-22)16(26)11-24-9-12(17(19,20)21)1-4-15(24)25/h1-4,9H,5-8,10-11H2. The van der Waals surface area contributed by atoms with E-state index in [0.29, 0.717) is 32.4 Å². The lowest BCUT2D eigenvalue weighted by Crippen LogP contribution is -2.49. The Morgan fingerprint density at radius 2 is 1.81 bits per heavy atom. The molecular formula is C17H17ClF3N3O2S. The molecule has 0 bridgehead atoms. The Hall–Kier alpha value is -1.84. The fourth-order valence-corrected chi connectivity index (χ4v) is 4.01. The third-order valence-electron chi connectivity index (χ3n) is 4.35. The quantitative estimate of drug-likeness (QED) is 0.765. The maximum Gasteiger partial charge on any atom is 0.417 e. The first-order valence-electron chi connectivity index (χ1n) is 8.24. The molecule has 3 heterocycles. The molecule has 0 spiro atoms. The zero-order valence-corrected chi connectivity index (χ0v) is 15.8. The minimum absolute atomic E-state index is 0.366. The number of rotatable bonds is 4.